The molecule has 0 amide bonds. The van der Waals surface area contributed by atoms with Gasteiger partial charge in [0, 0.05) is 13.3 Å². The van der Waals surface area contributed by atoms with Gasteiger partial charge in [-0.3, -0.25) is 4.99 Å². The second-order valence-corrected chi connectivity index (χ2v) is 3.81. The van der Waals surface area contributed by atoms with Gasteiger partial charge >= 0.3 is 0 Å². The van der Waals surface area contributed by atoms with Crippen molar-refractivity contribution in [2.24, 2.45) is 10.9 Å². The van der Waals surface area contributed by atoms with Gasteiger partial charge in [-0.25, -0.2) is 0 Å². The Balaban J connectivity index is 2.70. The lowest BCUT2D eigenvalue weighted by Gasteiger charge is -2.05. The number of aliphatic imine (C=N–C) groups is 1. The smallest absolute Gasteiger partial charge is 0.0857 e. The highest BCUT2D eigenvalue weighted by Gasteiger charge is 1.98. The van der Waals surface area contributed by atoms with E-state index < -0.39 is 0 Å². The van der Waals surface area contributed by atoms with Crippen molar-refractivity contribution in [3.8, 4) is 0 Å². The quantitative estimate of drug-likeness (QED) is 0.723. The van der Waals surface area contributed by atoms with E-state index in [4.69, 9.17) is 0 Å². The number of anilines is 1. The Morgan fingerprint density at radius 2 is 2.13 bits per heavy atom. The highest BCUT2D eigenvalue weighted by molar-refractivity contribution is 5.73. The Kier molecular flexibility index (Phi) is 4.88. The molecular weight excluding hydrogens is 184 g/mol. The molecule has 82 valence electrons. The summed E-state index contributed by atoms with van der Waals surface area (Å²) in [5.41, 5.74) is 2.10. The van der Waals surface area contributed by atoms with Crippen molar-refractivity contribution >= 4 is 17.6 Å². The van der Waals surface area contributed by atoms with E-state index in [9.17, 15) is 0 Å². The maximum atomic E-state index is 4.51. The standard InChI is InChI=1S/C13H20N2/c1-4-7-11(2)10-15-13-9-6-5-8-12(13)14-3/h5-6,8-11,14H,4,7H2,1-3H3/b15-10-. The largest absolute Gasteiger partial charge is 0.386 e. The van der Waals surface area contributed by atoms with Crippen molar-refractivity contribution in [1.82, 2.24) is 0 Å². The molecule has 1 N–H and O–H groups in total. The molecule has 0 bridgehead atoms. The summed E-state index contributed by atoms with van der Waals surface area (Å²) in [5.74, 6) is 0.555. The van der Waals surface area contributed by atoms with Crippen LogP contribution in [0.1, 0.15) is 26.7 Å². The van der Waals surface area contributed by atoms with Crippen LogP contribution in [-0.4, -0.2) is 13.3 Å². The molecule has 0 aromatic heterocycles. The van der Waals surface area contributed by atoms with Crippen LogP contribution < -0.4 is 5.32 Å². The van der Waals surface area contributed by atoms with Crippen molar-refractivity contribution in [3.05, 3.63) is 24.3 Å². The summed E-state index contributed by atoms with van der Waals surface area (Å²) in [7, 11) is 1.92. The maximum Gasteiger partial charge on any atom is 0.0857 e. The van der Waals surface area contributed by atoms with Gasteiger partial charge in [0.1, 0.15) is 0 Å². The third-order valence-electron chi connectivity index (χ3n) is 2.39. The summed E-state index contributed by atoms with van der Waals surface area (Å²) in [5, 5.41) is 3.14. The van der Waals surface area contributed by atoms with E-state index in [0.29, 0.717) is 5.92 Å². The van der Waals surface area contributed by atoms with E-state index in [1.807, 2.05) is 37.5 Å². The molecule has 0 fully saturated rings. The number of rotatable bonds is 5. The molecule has 1 unspecified atom stereocenters. The number of hydrogen-bond acceptors (Lipinski definition) is 2. The van der Waals surface area contributed by atoms with Crippen molar-refractivity contribution in [2.75, 3.05) is 12.4 Å². The summed E-state index contributed by atoms with van der Waals surface area (Å²) in [6.07, 6.45) is 4.45. The average Bonchev–Trinajstić information content (AvgIpc) is 2.27. The number of benzene rings is 1. The molecule has 0 saturated heterocycles. The van der Waals surface area contributed by atoms with Crippen LogP contribution in [-0.2, 0) is 0 Å². The normalized spacial score (nSPS) is 13.0. The van der Waals surface area contributed by atoms with E-state index in [1.54, 1.807) is 0 Å². The summed E-state index contributed by atoms with van der Waals surface area (Å²) in [4.78, 5) is 4.51. The Bertz CT molecular complexity index is 318. The molecule has 2 nitrogen and oxygen atoms in total. The predicted octanol–water partition coefficient (Wildman–Crippen LogP) is 3.87. The number of nitrogens with one attached hydrogen (secondary N) is 1. The lowest BCUT2D eigenvalue weighted by atomic mass is 10.1. The molecule has 1 atom stereocenters. The highest BCUT2D eigenvalue weighted by Crippen LogP contribution is 2.23. The Morgan fingerprint density at radius 3 is 2.80 bits per heavy atom. The molecule has 0 heterocycles. The van der Waals surface area contributed by atoms with Gasteiger partial charge in [-0.2, -0.15) is 0 Å². The summed E-state index contributed by atoms with van der Waals surface area (Å²) < 4.78 is 0. The Labute approximate surface area is 92.4 Å². The fourth-order valence-corrected chi connectivity index (χ4v) is 1.54. The zero-order valence-corrected chi connectivity index (χ0v) is 9.83. The molecule has 0 aliphatic heterocycles. The minimum atomic E-state index is 0.555. The van der Waals surface area contributed by atoms with Gasteiger partial charge < -0.3 is 5.32 Å². The number of hydrogen-bond donors (Lipinski definition) is 1. The molecule has 1 aromatic carbocycles. The fraction of sp³-hybridized carbons (Fsp3) is 0.462. The first-order valence-corrected chi connectivity index (χ1v) is 5.59. The molecule has 0 aliphatic carbocycles. The third-order valence-corrected chi connectivity index (χ3v) is 2.39. The Hall–Kier alpha value is -1.31. The van der Waals surface area contributed by atoms with Gasteiger partial charge in [0.15, 0.2) is 0 Å². The molecule has 0 aliphatic rings. The van der Waals surface area contributed by atoms with Crippen LogP contribution in [0.15, 0.2) is 29.3 Å². The molecule has 0 saturated carbocycles. The number of para-hydroxylation sites is 2. The molecule has 0 spiro atoms. The molecule has 15 heavy (non-hydrogen) atoms. The topological polar surface area (TPSA) is 24.4 Å². The second-order valence-electron chi connectivity index (χ2n) is 3.81. The molecule has 0 radical (unpaired) electrons. The lowest BCUT2D eigenvalue weighted by molar-refractivity contribution is 0.677. The fourth-order valence-electron chi connectivity index (χ4n) is 1.54. The van der Waals surface area contributed by atoms with Gasteiger partial charge in [0.2, 0.25) is 0 Å². The van der Waals surface area contributed by atoms with Gasteiger partial charge in [0.05, 0.1) is 11.4 Å². The Morgan fingerprint density at radius 1 is 1.40 bits per heavy atom. The van der Waals surface area contributed by atoms with Crippen LogP contribution in [0.4, 0.5) is 11.4 Å². The first-order valence-electron chi connectivity index (χ1n) is 5.59. The molecular formula is C13H20N2. The van der Waals surface area contributed by atoms with E-state index in [0.717, 1.165) is 11.4 Å². The van der Waals surface area contributed by atoms with Crippen LogP contribution in [0, 0.1) is 5.92 Å². The van der Waals surface area contributed by atoms with Crippen LogP contribution in [0.25, 0.3) is 0 Å². The maximum absolute atomic E-state index is 4.51. The third kappa shape index (κ3) is 3.74. The van der Waals surface area contributed by atoms with Crippen LogP contribution >= 0.6 is 0 Å². The van der Waals surface area contributed by atoms with Crippen molar-refractivity contribution < 1.29 is 0 Å². The average molecular weight is 204 g/mol. The van der Waals surface area contributed by atoms with Crippen molar-refractivity contribution in [1.29, 1.82) is 0 Å². The van der Waals surface area contributed by atoms with Crippen LogP contribution in [0.5, 0.6) is 0 Å². The SMILES string of the molecule is CCCC(C)/C=N\c1ccccc1NC. The van der Waals surface area contributed by atoms with Crippen LogP contribution in [0.2, 0.25) is 0 Å². The summed E-state index contributed by atoms with van der Waals surface area (Å²) in [6, 6.07) is 8.09. The first kappa shape index (κ1) is 11.8. The van der Waals surface area contributed by atoms with E-state index >= 15 is 0 Å². The zero-order valence-electron chi connectivity index (χ0n) is 9.83. The van der Waals surface area contributed by atoms with Crippen molar-refractivity contribution in [2.45, 2.75) is 26.7 Å². The van der Waals surface area contributed by atoms with Gasteiger partial charge in [-0.15, -0.1) is 0 Å². The van der Waals surface area contributed by atoms with Gasteiger partial charge in [0.25, 0.3) is 0 Å². The second kappa shape index (κ2) is 6.23. The zero-order chi connectivity index (χ0) is 11.1. The van der Waals surface area contributed by atoms with E-state index in [2.05, 4.69) is 24.2 Å². The summed E-state index contributed by atoms with van der Waals surface area (Å²) >= 11 is 0. The molecule has 1 aromatic rings. The predicted molar refractivity (Wildman–Crippen MR) is 68.2 cm³/mol. The minimum absolute atomic E-state index is 0.555. The van der Waals surface area contributed by atoms with Crippen LogP contribution in [0.3, 0.4) is 0 Å². The minimum Gasteiger partial charge on any atom is -0.386 e. The monoisotopic (exact) mass is 204 g/mol. The lowest BCUT2D eigenvalue weighted by Crippen LogP contribution is -1.94. The van der Waals surface area contributed by atoms with Crippen molar-refractivity contribution in [3.63, 3.8) is 0 Å². The van der Waals surface area contributed by atoms with Gasteiger partial charge in [-0.05, 0) is 24.5 Å². The first-order chi connectivity index (χ1) is 7.27. The summed E-state index contributed by atoms with van der Waals surface area (Å²) in [6.45, 7) is 4.40. The molecule has 1 rings (SSSR count). The van der Waals surface area contributed by atoms with Gasteiger partial charge in [-0.1, -0.05) is 32.4 Å². The van der Waals surface area contributed by atoms with E-state index in [-0.39, 0.29) is 0 Å². The highest BCUT2D eigenvalue weighted by atomic mass is 14.9. The number of nitrogens with zero attached hydrogens (tertiary/aromatic N) is 1. The molecule has 2 heteroatoms. The van der Waals surface area contributed by atoms with E-state index in [1.165, 1.54) is 12.8 Å².